The number of nitrogens with zero attached hydrogens (tertiary/aromatic N) is 8. The van der Waals surface area contributed by atoms with E-state index in [4.69, 9.17) is 26.3 Å². The van der Waals surface area contributed by atoms with Crippen LogP contribution in [0.25, 0.3) is 16.9 Å². The first-order chi connectivity index (χ1) is 20.1. The molecule has 0 spiro atoms. The van der Waals surface area contributed by atoms with Crippen molar-refractivity contribution in [3.8, 4) is 0 Å². The van der Waals surface area contributed by atoms with Gasteiger partial charge in [-0.2, -0.15) is 4.98 Å². The summed E-state index contributed by atoms with van der Waals surface area (Å²) >= 11 is 6.05. The quantitative estimate of drug-likeness (QED) is 0.291. The molecule has 9 nitrogen and oxygen atoms in total. The fraction of sp³-hybridized carbons (Fsp3) is 0.586. The lowest BCUT2D eigenvalue weighted by Crippen LogP contribution is -2.59. The molecule has 1 aromatic carbocycles. The van der Waals surface area contributed by atoms with E-state index in [0.717, 1.165) is 36.4 Å². The van der Waals surface area contributed by atoms with Crippen LogP contribution in [0, 0.1) is 18.7 Å². The third-order valence-electron chi connectivity index (χ3n) is 9.23. The zero-order valence-electron chi connectivity index (χ0n) is 23.9. The summed E-state index contributed by atoms with van der Waals surface area (Å²) in [7, 11) is 0. The van der Waals surface area contributed by atoms with Crippen LogP contribution in [0.2, 0.25) is 5.02 Å². The molecule has 3 fully saturated rings. The normalized spacial score (nSPS) is 25.9. The van der Waals surface area contributed by atoms with Crippen LogP contribution in [-0.4, -0.2) is 77.8 Å². The fourth-order valence-electron chi connectivity index (χ4n) is 7.17. The number of halogens is 4. The highest BCUT2D eigenvalue weighted by molar-refractivity contribution is 6.30. The third-order valence-corrected chi connectivity index (χ3v) is 9.47. The number of benzene rings is 1. The van der Waals surface area contributed by atoms with E-state index in [9.17, 15) is 8.78 Å². The van der Waals surface area contributed by atoms with Crippen LogP contribution in [0.3, 0.4) is 0 Å². The van der Waals surface area contributed by atoms with Crippen molar-refractivity contribution >= 4 is 34.4 Å². The number of fused-ring (bicyclic) bond motifs is 3. The van der Waals surface area contributed by atoms with Crippen molar-refractivity contribution < 1.29 is 17.9 Å². The van der Waals surface area contributed by atoms with Gasteiger partial charge in [0.05, 0.1) is 12.6 Å². The predicted octanol–water partition coefficient (Wildman–Crippen LogP) is 5.44. The number of imidazole rings is 1. The Balaban J connectivity index is 1.24. The van der Waals surface area contributed by atoms with Crippen molar-refractivity contribution in [2.24, 2.45) is 5.92 Å². The van der Waals surface area contributed by atoms with Gasteiger partial charge >= 0.3 is 0 Å². The van der Waals surface area contributed by atoms with E-state index in [1.807, 2.05) is 11.3 Å². The second-order valence-corrected chi connectivity index (χ2v) is 12.6. The number of hydrogen-bond donors (Lipinski definition) is 0. The van der Waals surface area contributed by atoms with E-state index in [-0.39, 0.29) is 42.0 Å². The van der Waals surface area contributed by atoms with Gasteiger partial charge in [0, 0.05) is 61.2 Å². The summed E-state index contributed by atoms with van der Waals surface area (Å²) in [5, 5.41) is 8.69. The van der Waals surface area contributed by atoms with Crippen molar-refractivity contribution in [1.29, 1.82) is 0 Å². The summed E-state index contributed by atoms with van der Waals surface area (Å²) in [6.07, 6.45) is 3.31. The number of rotatable bonds is 6. The Morgan fingerprint density at radius 1 is 1.14 bits per heavy atom. The molecule has 3 aromatic heterocycles. The number of aryl methyl sites for hydroxylation is 1. The molecule has 5 heterocycles. The Labute approximate surface area is 246 Å². The second-order valence-electron chi connectivity index (χ2n) is 12.2. The lowest BCUT2D eigenvalue weighted by atomic mass is 9.73. The summed E-state index contributed by atoms with van der Waals surface area (Å²) in [6.45, 7) is 8.67. The standard InChI is InChI=1S/C29H34ClF3N8O/c1-16-13-39(17(2)12-38(16)25(19-10-29(32,33)11-19)22-7-6-20(30)9-23(22)31)26-24-27(41-15-34-37-28(41)36-26)40(18(3)35-24)14-21-5-4-8-42-21/h6-7,9,15-17,19,21,25H,4-5,8,10-14H2,1-3H3/t16-,17+,21+,25?/m1/s1. The highest BCUT2D eigenvalue weighted by Crippen LogP contribution is 2.51. The summed E-state index contributed by atoms with van der Waals surface area (Å²) in [5.41, 5.74) is 2.04. The topological polar surface area (TPSA) is 76.6 Å². The van der Waals surface area contributed by atoms with Gasteiger partial charge in [-0.3, -0.25) is 4.90 Å². The molecule has 2 aliphatic heterocycles. The highest BCUT2D eigenvalue weighted by atomic mass is 35.5. The Morgan fingerprint density at radius 3 is 2.67 bits per heavy atom. The average Bonchev–Trinajstić information content (AvgIpc) is 3.67. The molecule has 0 N–H and O–H groups in total. The molecule has 1 saturated carbocycles. The minimum Gasteiger partial charge on any atom is -0.376 e. The summed E-state index contributed by atoms with van der Waals surface area (Å²) < 4.78 is 53.4. The van der Waals surface area contributed by atoms with Gasteiger partial charge in [0.2, 0.25) is 5.92 Å². The fourth-order valence-corrected chi connectivity index (χ4v) is 7.33. The molecule has 7 rings (SSSR count). The monoisotopic (exact) mass is 602 g/mol. The molecule has 4 atom stereocenters. The molecule has 42 heavy (non-hydrogen) atoms. The van der Waals surface area contributed by atoms with Crippen LogP contribution in [0.5, 0.6) is 0 Å². The molecule has 0 bridgehead atoms. The Hall–Kier alpha value is -2.96. The molecular weight excluding hydrogens is 569 g/mol. The van der Waals surface area contributed by atoms with E-state index in [1.54, 1.807) is 18.5 Å². The molecule has 4 aromatic rings. The number of hydrogen-bond acceptors (Lipinski definition) is 7. The first kappa shape index (κ1) is 27.8. The van der Waals surface area contributed by atoms with Crippen molar-refractivity contribution in [3.63, 3.8) is 0 Å². The van der Waals surface area contributed by atoms with E-state index in [0.29, 0.717) is 36.8 Å². The molecule has 2 saturated heterocycles. The zero-order valence-corrected chi connectivity index (χ0v) is 24.6. The molecule has 13 heteroatoms. The molecule has 3 aliphatic rings. The highest BCUT2D eigenvalue weighted by Gasteiger charge is 2.52. The van der Waals surface area contributed by atoms with Crippen molar-refractivity contribution in [2.75, 3.05) is 24.6 Å². The van der Waals surface area contributed by atoms with E-state index >= 15 is 4.39 Å². The minimum atomic E-state index is -2.72. The van der Waals surface area contributed by atoms with E-state index in [2.05, 4.69) is 38.4 Å². The summed E-state index contributed by atoms with van der Waals surface area (Å²) in [4.78, 5) is 14.3. The lowest BCUT2D eigenvalue weighted by Gasteiger charge is -2.52. The predicted molar refractivity (Wildman–Crippen MR) is 153 cm³/mol. The molecule has 0 radical (unpaired) electrons. The number of aromatic nitrogens is 6. The molecule has 1 unspecified atom stereocenters. The van der Waals surface area contributed by atoms with Gasteiger partial charge in [-0.15, -0.1) is 10.2 Å². The van der Waals surface area contributed by atoms with Crippen molar-refractivity contribution in [2.45, 2.75) is 83.2 Å². The Bertz CT molecular complexity index is 1630. The maximum Gasteiger partial charge on any atom is 0.258 e. The molecular formula is C29H34ClF3N8O. The van der Waals surface area contributed by atoms with Crippen LogP contribution in [0.4, 0.5) is 19.0 Å². The number of piperazine rings is 1. The Morgan fingerprint density at radius 2 is 1.95 bits per heavy atom. The van der Waals surface area contributed by atoms with Crippen LogP contribution in [0.15, 0.2) is 24.5 Å². The van der Waals surface area contributed by atoms with Gasteiger partial charge in [0.25, 0.3) is 5.78 Å². The summed E-state index contributed by atoms with van der Waals surface area (Å²) in [6, 6.07) is 3.92. The SMILES string of the molecule is Cc1nc2c(N3C[C@@H](C)N(C(c4ccc(Cl)cc4F)C4CC(F)(F)C4)C[C@@H]3C)nc3nncn3c2n1C[C@@H]1CCCO1. The van der Waals surface area contributed by atoms with Crippen LogP contribution in [0.1, 0.15) is 57.0 Å². The van der Waals surface area contributed by atoms with Crippen LogP contribution < -0.4 is 4.90 Å². The van der Waals surface area contributed by atoms with Gasteiger partial charge in [-0.25, -0.2) is 22.6 Å². The number of anilines is 1. The smallest absolute Gasteiger partial charge is 0.258 e. The molecule has 1 aliphatic carbocycles. The second kappa shape index (κ2) is 10.3. The van der Waals surface area contributed by atoms with Crippen molar-refractivity contribution in [1.82, 2.24) is 34.0 Å². The molecule has 224 valence electrons. The lowest BCUT2D eigenvalue weighted by molar-refractivity contribution is -0.137. The molecule has 0 amide bonds. The third kappa shape index (κ3) is 4.71. The van der Waals surface area contributed by atoms with Gasteiger partial charge in [-0.1, -0.05) is 17.7 Å². The maximum absolute atomic E-state index is 15.3. The average molecular weight is 603 g/mol. The van der Waals surface area contributed by atoms with Gasteiger partial charge < -0.3 is 14.2 Å². The largest absolute Gasteiger partial charge is 0.376 e. The first-order valence-corrected chi connectivity index (χ1v) is 15.0. The number of ether oxygens (including phenoxy) is 1. The zero-order chi connectivity index (χ0) is 29.3. The van der Waals surface area contributed by atoms with Crippen LogP contribution >= 0.6 is 11.6 Å². The minimum absolute atomic E-state index is 0.0654. The van der Waals surface area contributed by atoms with Gasteiger partial charge in [0.1, 0.15) is 23.5 Å². The summed E-state index contributed by atoms with van der Waals surface area (Å²) in [5.74, 6) is -1.49. The van der Waals surface area contributed by atoms with Crippen molar-refractivity contribution in [3.05, 3.63) is 46.8 Å². The number of alkyl halides is 2. The Kier molecular flexibility index (Phi) is 6.86. The van der Waals surface area contributed by atoms with Gasteiger partial charge in [0.15, 0.2) is 11.5 Å². The van der Waals surface area contributed by atoms with Gasteiger partial charge in [-0.05, 0) is 51.7 Å². The van der Waals surface area contributed by atoms with Crippen LogP contribution in [-0.2, 0) is 11.3 Å². The maximum atomic E-state index is 15.3. The van der Waals surface area contributed by atoms with E-state index < -0.39 is 17.8 Å². The first-order valence-electron chi connectivity index (χ1n) is 14.6. The van der Waals surface area contributed by atoms with E-state index in [1.165, 1.54) is 6.07 Å².